The molecule has 8 nitrogen and oxygen atoms in total. The van der Waals surface area contributed by atoms with E-state index in [1.807, 2.05) is 6.92 Å². The highest BCUT2D eigenvalue weighted by atomic mass is 79.9. The zero-order valence-corrected chi connectivity index (χ0v) is 18.8. The van der Waals surface area contributed by atoms with Crippen molar-refractivity contribution in [3.8, 4) is 0 Å². The maximum absolute atomic E-state index is 12.3. The van der Waals surface area contributed by atoms with Gasteiger partial charge in [0.1, 0.15) is 0 Å². The van der Waals surface area contributed by atoms with Gasteiger partial charge >= 0.3 is 5.97 Å². The van der Waals surface area contributed by atoms with Crippen molar-refractivity contribution in [2.24, 2.45) is 5.92 Å². The summed E-state index contributed by atoms with van der Waals surface area (Å²) in [5.74, 6) is -2.90. The predicted molar refractivity (Wildman–Crippen MR) is 117 cm³/mol. The smallest absolute Gasteiger partial charge is 0.311 e. The summed E-state index contributed by atoms with van der Waals surface area (Å²) in [7, 11) is 0. The van der Waals surface area contributed by atoms with Gasteiger partial charge in [-0.15, -0.1) is 0 Å². The number of ether oxygens (including phenoxy) is 1. The number of nitrogens with one attached hydrogen (secondary N) is 2. The SMILES string of the molecule is Cc1ccc(C(=O)NN2C[C@@H](C(=O)OCC(=O)Nc3ccc(Br)cc3Cl)CC2=O)cc1. The van der Waals surface area contributed by atoms with Crippen LogP contribution in [0.1, 0.15) is 22.3 Å². The van der Waals surface area contributed by atoms with Crippen LogP contribution < -0.4 is 10.7 Å². The Morgan fingerprint density at radius 2 is 1.90 bits per heavy atom. The molecule has 0 unspecified atom stereocenters. The highest BCUT2D eigenvalue weighted by Gasteiger charge is 2.36. The molecule has 2 aromatic carbocycles. The third-order valence-corrected chi connectivity index (χ3v) is 5.37. The van der Waals surface area contributed by atoms with Crippen LogP contribution in [-0.2, 0) is 19.1 Å². The fourth-order valence-corrected chi connectivity index (χ4v) is 3.62. The summed E-state index contributed by atoms with van der Waals surface area (Å²) in [4.78, 5) is 48.7. The van der Waals surface area contributed by atoms with Gasteiger partial charge in [0.25, 0.3) is 11.8 Å². The van der Waals surface area contributed by atoms with E-state index < -0.39 is 36.2 Å². The first-order valence-electron chi connectivity index (χ1n) is 9.32. The van der Waals surface area contributed by atoms with Crippen LogP contribution in [0.4, 0.5) is 5.69 Å². The molecule has 162 valence electrons. The number of halogens is 2. The number of carbonyl (C=O) groups excluding carboxylic acids is 4. The molecule has 10 heteroatoms. The molecule has 1 atom stereocenters. The van der Waals surface area contributed by atoms with Crippen molar-refractivity contribution in [1.82, 2.24) is 10.4 Å². The van der Waals surface area contributed by atoms with Crippen LogP contribution >= 0.6 is 27.5 Å². The minimum Gasteiger partial charge on any atom is -0.455 e. The van der Waals surface area contributed by atoms with Gasteiger partial charge in [-0.25, -0.2) is 0 Å². The lowest BCUT2D eigenvalue weighted by Crippen LogP contribution is -2.43. The average Bonchev–Trinajstić information content (AvgIpc) is 3.09. The topological polar surface area (TPSA) is 105 Å². The van der Waals surface area contributed by atoms with E-state index in [0.717, 1.165) is 15.0 Å². The standard InChI is InChI=1S/C21H19BrClN3O5/c1-12-2-4-13(5-3-12)20(29)25-26-10-14(8-19(26)28)21(30)31-11-18(27)24-17-7-6-15(22)9-16(17)23/h2-7,9,14H,8,10-11H2,1H3,(H,24,27)(H,25,29)/t14-/m0/s1. The van der Waals surface area contributed by atoms with Gasteiger partial charge in [0.2, 0.25) is 5.91 Å². The molecule has 1 aliphatic rings. The number of hydrazine groups is 1. The number of rotatable bonds is 6. The first-order valence-corrected chi connectivity index (χ1v) is 10.5. The maximum atomic E-state index is 12.3. The Balaban J connectivity index is 1.48. The molecule has 0 spiro atoms. The Hall–Kier alpha value is -2.91. The van der Waals surface area contributed by atoms with Crippen LogP contribution in [0, 0.1) is 12.8 Å². The van der Waals surface area contributed by atoms with Crippen molar-refractivity contribution in [3.63, 3.8) is 0 Å². The Bertz CT molecular complexity index is 1030. The third kappa shape index (κ3) is 6.05. The van der Waals surface area contributed by atoms with Crippen LogP contribution in [0.3, 0.4) is 0 Å². The van der Waals surface area contributed by atoms with Gasteiger partial charge in [-0.05, 0) is 37.3 Å². The van der Waals surface area contributed by atoms with Crippen molar-refractivity contribution >= 4 is 56.9 Å². The molecule has 3 amide bonds. The normalized spacial score (nSPS) is 15.5. The van der Waals surface area contributed by atoms with Gasteiger partial charge in [-0.2, -0.15) is 0 Å². The lowest BCUT2D eigenvalue weighted by molar-refractivity contribution is -0.151. The lowest BCUT2D eigenvalue weighted by Gasteiger charge is -2.17. The number of hydrogen-bond acceptors (Lipinski definition) is 5. The van der Waals surface area contributed by atoms with Gasteiger partial charge in [0.05, 0.1) is 23.2 Å². The van der Waals surface area contributed by atoms with Gasteiger partial charge in [0, 0.05) is 16.5 Å². The first-order chi connectivity index (χ1) is 14.7. The molecule has 0 saturated carbocycles. The molecular formula is C21H19BrClN3O5. The largest absolute Gasteiger partial charge is 0.455 e. The molecule has 3 rings (SSSR count). The fourth-order valence-electron chi connectivity index (χ4n) is 2.90. The maximum Gasteiger partial charge on any atom is 0.311 e. The minimum absolute atomic E-state index is 0.0323. The number of carbonyl (C=O) groups is 4. The zero-order chi connectivity index (χ0) is 22.5. The molecule has 1 fully saturated rings. The number of benzene rings is 2. The first kappa shape index (κ1) is 22.8. The number of anilines is 1. The van der Waals surface area contributed by atoms with Gasteiger partial charge < -0.3 is 10.1 Å². The van der Waals surface area contributed by atoms with Crippen LogP contribution in [0.5, 0.6) is 0 Å². The Morgan fingerprint density at radius 1 is 1.19 bits per heavy atom. The molecule has 31 heavy (non-hydrogen) atoms. The molecule has 0 bridgehead atoms. The quantitative estimate of drug-likeness (QED) is 0.584. The molecule has 2 N–H and O–H groups in total. The lowest BCUT2D eigenvalue weighted by atomic mass is 10.1. The summed E-state index contributed by atoms with van der Waals surface area (Å²) < 4.78 is 5.78. The predicted octanol–water partition coefficient (Wildman–Crippen LogP) is 3.09. The van der Waals surface area contributed by atoms with Crippen LogP contribution in [-0.4, -0.2) is 41.9 Å². The van der Waals surface area contributed by atoms with Crippen molar-refractivity contribution < 1.29 is 23.9 Å². The van der Waals surface area contributed by atoms with Crippen molar-refractivity contribution in [3.05, 3.63) is 63.1 Å². The minimum atomic E-state index is -0.783. The molecule has 1 heterocycles. The van der Waals surface area contributed by atoms with Gasteiger partial charge in [0.15, 0.2) is 6.61 Å². The summed E-state index contributed by atoms with van der Waals surface area (Å²) in [6, 6.07) is 11.8. The highest BCUT2D eigenvalue weighted by Crippen LogP contribution is 2.25. The van der Waals surface area contributed by atoms with E-state index in [-0.39, 0.29) is 13.0 Å². The number of nitrogens with zero attached hydrogens (tertiary/aromatic N) is 1. The zero-order valence-electron chi connectivity index (χ0n) is 16.5. The molecule has 0 aliphatic carbocycles. The van der Waals surface area contributed by atoms with Crippen molar-refractivity contribution in [1.29, 1.82) is 0 Å². The molecular weight excluding hydrogens is 490 g/mol. The number of esters is 1. The van der Waals surface area contributed by atoms with Crippen LogP contribution in [0.25, 0.3) is 0 Å². The Morgan fingerprint density at radius 3 is 2.58 bits per heavy atom. The molecule has 0 aromatic heterocycles. The molecule has 0 radical (unpaired) electrons. The summed E-state index contributed by atoms with van der Waals surface area (Å²) in [5.41, 5.74) is 4.28. The highest BCUT2D eigenvalue weighted by molar-refractivity contribution is 9.10. The molecule has 2 aromatic rings. The second kappa shape index (κ2) is 9.93. The van der Waals surface area contributed by atoms with E-state index >= 15 is 0 Å². The van der Waals surface area contributed by atoms with Gasteiger partial charge in [-0.3, -0.25) is 29.6 Å². The van der Waals surface area contributed by atoms with E-state index in [9.17, 15) is 19.2 Å². The van der Waals surface area contributed by atoms with E-state index in [1.54, 1.807) is 42.5 Å². The van der Waals surface area contributed by atoms with E-state index in [4.69, 9.17) is 16.3 Å². The monoisotopic (exact) mass is 507 g/mol. The van der Waals surface area contributed by atoms with E-state index in [0.29, 0.717) is 16.3 Å². The Labute approximate surface area is 192 Å². The summed E-state index contributed by atoms with van der Waals surface area (Å²) in [6.07, 6.45) is -0.118. The second-order valence-corrected chi connectivity index (χ2v) is 8.32. The number of hydrogen-bond donors (Lipinski definition) is 2. The fraction of sp³-hybridized carbons (Fsp3) is 0.238. The Kier molecular flexibility index (Phi) is 7.29. The number of aryl methyl sites for hydroxylation is 1. The summed E-state index contributed by atoms with van der Waals surface area (Å²) in [6.45, 7) is 1.34. The van der Waals surface area contributed by atoms with Crippen LogP contribution in [0.15, 0.2) is 46.9 Å². The van der Waals surface area contributed by atoms with E-state index in [2.05, 4.69) is 26.7 Å². The van der Waals surface area contributed by atoms with Crippen molar-refractivity contribution in [2.45, 2.75) is 13.3 Å². The summed E-state index contributed by atoms with van der Waals surface area (Å²) in [5, 5.41) is 3.97. The third-order valence-electron chi connectivity index (χ3n) is 4.56. The molecule has 1 saturated heterocycles. The van der Waals surface area contributed by atoms with Crippen LogP contribution in [0.2, 0.25) is 5.02 Å². The second-order valence-electron chi connectivity index (χ2n) is 6.99. The molecule has 1 aliphatic heterocycles. The van der Waals surface area contributed by atoms with Crippen molar-refractivity contribution in [2.75, 3.05) is 18.5 Å². The number of amides is 3. The average molecular weight is 509 g/mol. The van der Waals surface area contributed by atoms with E-state index in [1.165, 1.54) is 0 Å². The van der Waals surface area contributed by atoms with Gasteiger partial charge in [-0.1, -0.05) is 45.2 Å². The summed E-state index contributed by atoms with van der Waals surface area (Å²) >= 11 is 9.30.